The van der Waals surface area contributed by atoms with E-state index < -0.39 is 23.8 Å². The fourth-order valence-electron chi connectivity index (χ4n) is 5.70. The molecule has 184 valence electrons. The first-order valence-corrected chi connectivity index (χ1v) is 11.7. The highest BCUT2D eigenvalue weighted by Crippen LogP contribution is 2.48. The van der Waals surface area contributed by atoms with Gasteiger partial charge in [0.2, 0.25) is 0 Å². The van der Waals surface area contributed by atoms with E-state index in [9.17, 15) is 24.8 Å². The third-order valence-electron chi connectivity index (χ3n) is 7.37. The second-order valence-electron chi connectivity index (χ2n) is 9.15. The van der Waals surface area contributed by atoms with Gasteiger partial charge < -0.3 is 29.8 Å². The van der Waals surface area contributed by atoms with Gasteiger partial charge in [-0.05, 0) is 62.8 Å². The molecular formula is C25H32N2O7. The maximum Gasteiger partial charge on any atom is 0.308 e. The first kappa shape index (κ1) is 25.5. The highest BCUT2D eigenvalue weighted by Gasteiger charge is 2.51. The molecule has 0 aliphatic heterocycles. The molecule has 34 heavy (non-hydrogen) atoms. The Hall–Kier alpha value is -3.12. The summed E-state index contributed by atoms with van der Waals surface area (Å²) in [6.07, 6.45) is 6.35. The lowest BCUT2D eigenvalue weighted by Gasteiger charge is -2.29. The number of carboxylic acids is 1. The molecule has 3 unspecified atom stereocenters. The van der Waals surface area contributed by atoms with Crippen molar-refractivity contribution in [3.8, 4) is 17.6 Å². The zero-order valence-electron chi connectivity index (χ0n) is 19.5. The molecule has 3 aliphatic carbocycles. The maximum atomic E-state index is 13.2. The van der Waals surface area contributed by atoms with Gasteiger partial charge in [-0.15, -0.1) is 0 Å². The summed E-state index contributed by atoms with van der Waals surface area (Å²) in [5.41, 5.74) is 0.481. The van der Waals surface area contributed by atoms with E-state index in [0.29, 0.717) is 18.6 Å². The zero-order valence-corrected chi connectivity index (χ0v) is 19.5. The second kappa shape index (κ2) is 11.3. The summed E-state index contributed by atoms with van der Waals surface area (Å²) in [4.78, 5) is 36.0. The van der Waals surface area contributed by atoms with Crippen LogP contribution < -0.4 is 14.8 Å². The van der Waals surface area contributed by atoms with Crippen LogP contribution in [0, 0.1) is 35.0 Å². The molecule has 2 bridgehead atoms. The highest BCUT2D eigenvalue weighted by molar-refractivity contribution is 5.98. The Morgan fingerprint density at radius 3 is 2.35 bits per heavy atom. The van der Waals surface area contributed by atoms with Crippen molar-refractivity contribution in [1.82, 2.24) is 5.32 Å². The lowest BCUT2D eigenvalue weighted by atomic mass is 9.84. The van der Waals surface area contributed by atoms with E-state index in [4.69, 9.17) is 14.6 Å². The number of carbonyl (C=O) groups is 3. The number of aliphatic hydroxyl groups is 1. The number of amides is 1. The van der Waals surface area contributed by atoms with Crippen LogP contribution in [0.15, 0.2) is 12.1 Å². The number of carboxylic acid groups (broad SMARTS) is 1. The van der Waals surface area contributed by atoms with E-state index in [2.05, 4.69) is 11.4 Å². The van der Waals surface area contributed by atoms with E-state index in [1.165, 1.54) is 19.2 Å². The molecule has 0 saturated heterocycles. The van der Waals surface area contributed by atoms with E-state index in [1.54, 1.807) is 0 Å². The first-order valence-electron chi connectivity index (χ1n) is 11.7. The summed E-state index contributed by atoms with van der Waals surface area (Å²) >= 11 is 0. The van der Waals surface area contributed by atoms with Crippen LogP contribution in [-0.2, 0) is 9.59 Å². The Morgan fingerprint density at radius 1 is 1.09 bits per heavy atom. The Bertz CT molecular complexity index is 949. The van der Waals surface area contributed by atoms with Crippen LogP contribution in [0.2, 0.25) is 0 Å². The molecule has 0 aromatic heterocycles. The Kier molecular flexibility index (Phi) is 8.51. The third kappa shape index (κ3) is 5.17. The molecule has 0 radical (unpaired) electrons. The van der Waals surface area contributed by atoms with E-state index >= 15 is 0 Å². The summed E-state index contributed by atoms with van der Waals surface area (Å²) in [6.45, 7) is 0. The van der Waals surface area contributed by atoms with Gasteiger partial charge in [-0.3, -0.25) is 9.59 Å². The number of nitrogens with one attached hydrogen (secondary N) is 1. The quantitative estimate of drug-likeness (QED) is 0.513. The number of nitrogens with zero attached hydrogens (tertiary/aromatic N) is 1. The van der Waals surface area contributed by atoms with Crippen molar-refractivity contribution < 1.29 is 34.1 Å². The van der Waals surface area contributed by atoms with E-state index in [0.717, 1.165) is 45.5 Å². The predicted molar refractivity (Wildman–Crippen MR) is 122 cm³/mol. The van der Waals surface area contributed by atoms with Gasteiger partial charge in [0.25, 0.3) is 5.91 Å². The molecule has 3 N–H and O–H groups in total. The minimum atomic E-state index is -0.871. The van der Waals surface area contributed by atoms with Gasteiger partial charge in [0, 0.05) is 25.1 Å². The van der Waals surface area contributed by atoms with Crippen molar-refractivity contribution in [2.24, 2.45) is 23.7 Å². The smallest absolute Gasteiger partial charge is 0.308 e. The van der Waals surface area contributed by atoms with E-state index in [1.807, 2.05) is 0 Å². The van der Waals surface area contributed by atoms with Crippen molar-refractivity contribution in [3.63, 3.8) is 0 Å². The van der Waals surface area contributed by atoms with Crippen LogP contribution in [0.25, 0.3) is 0 Å². The van der Waals surface area contributed by atoms with Crippen LogP contribution in [0.5, 0.6) is 11.5 Å². The minimum absolute atomic E-state index is 0.0476. The molecule has 9 heteroatoms. The Balaban J connectivity index is 0.00000158. The zero-order chi connectivity index (χ0) is 24.8. The number of benzene rings is 1. The van der Waals surface area contributed by atoms with Crippen molar-refractivity contribution in [2.45, 2.75) is 57.1 Å². The Morgan fingerprint density at radius 2 is 1.76 bits per heavy atom. The van der Waals surface area contributed by atoms with Crippen LogP contribution in [0.4, 0.5) is 0 Å². The summed E-state index contributed by atoms with van der Waals surface area (Å²) in [5.74, 6) is -1.02. The maximum absolute atomic E-state index is 13.2. The SMILES string of the molecule is CO.COc1cc(C#N)c(OC2CCC(C=O)CC2)cc1C(=O)NC1C(C(=O)O)C2CC[C@H]1C2. The molecule has 3 aliphatic rings. The molecule has 1 amide bonds. The number of nitriles is 1. The fraction of sp³-hybridized carbons (Fsp3) is 0.600. The van der Waals surface area contributed by atoms with Crippen LogP contribution in [0.3, 0.4) is 0 Å². The largest absolute Gasteiger partial charge is 0.496 e. The molecule has 0 heterocycles. The molecule has 0 spiro atoms. The topological polar surface area (TPSA) is 146 Å². The van der Waals surface area contributed by atoms with Gasteiger partial charge in [-0.2, -0.15) is 5.26 Å². The average Bonchev–Trinajstić information content (AvgIpc) is 3.47. The van der Waals surface area contributed by atoms with Crippen LogP contribution >= 0.6 is 0 Å². The number of ether oxygens (including phenoxy) is 2. The Labute approximate surface area is 199 Å². The molecule has 3 saturated carbocycles. The predicted octanol–water partition coefficient (Wildman–Crippen LogP) is 2.54. The molecular weight excluding hydrogens is 440 g/mol. The number of aliphatic hydroxyl groups excluding tert-OH is 1. The number of carbonyl (C=O) groups excluding carboxylic acids is 2. The molecule has 3 fully saturated rings. The monoisotopic (exact) mass is 472 g/mol. The number of aldehydes is 1. The van der Waals surface area contributed by atoms with Gasteiger partial charge in [-0.25, -0.2) is 0 Å². The lowest BCUT2D eigenvalue weighted by Crippen LogP contribution is -2.46. The lowest BCUT2D eigenvalue weighted by molar-refractivity contribution is -0.144. The first-order chi connectivity index (χ1) is 16.4. The number of hydrogen-bond acceptors (Lipinski definition) is 7. The number of rotatable bonds is 7. The number of methoxy groups -OCH3 is 1. The van der Waals surface area contributed by atoms with Crippen molar-refractivity contribution in [3.05, 3.63) is 23.3 Å². The molecule has 1 aromatic carbocycles. The minimum Gasteiger partial charge on any atom is -0.496 e. The summed E-state index contributed by atoms with van der Waals surface area (Å²) in [5, 5.41) is 29.2. The van der Waals surface area contributed by atoms with Crippen molar-refractivity contribution in [1.29, 1.82) is 5.26 Å². The number of hydrogen-bond donors (Lipinski definition) is 3. The summed E-state index contributed by atoms with van der Waals surface area (Å²) in [7, 11) is 2.42. The van der Waals surface area contributed by atoms with Crippen molar-refractivity contribution in [2.75, 3.05) is 14.2 Å². The molecule has 4 atom stereocenters. The van der Waals surface area contributed by atoms with Gasteiger partial charge in [0.1, 0.15) is 23.9 Å². The van der Waals surface area contributed by atoms with Crippen molar-refractivity contribution >= 4 is 18.2 Å². The average molecular weight is 473 g/mol. The highest BCUT2D eigenvalue weighted by atomic mass is 16.5. The van der Waals surface area contributed by atoms with Crippen LogP contribution in [-0.4, -0.2) is 54.7 Å². The molecule has 4 rings (SSSR count). The van der Waals surface area contributed by atoms with Gasteiger partial charge in [-0.1, -0.05) is 0 Å². The van der Waals surface area contributed by atoms with Gasteiger partial charge in [0.15, 0.2) is 0 Å². The normalized spacial score (nSPS) is 29.2. The van der Waals surface area contributed by atoms with Gasteiger partial charge >= 0.3 is 5.97 Å². The third-order valence-corrected chi connectivity index (χ3v) is 7.37. The van der Waals surface area contributed by atoms with Gasteiger partial charge in [0.05, 0.1) is 30.3 Å². The molecule has 9 nitrogen and oxygen atoms in total. The fourth-order valence-corrected chi connectivity index (χ4v) is 5.70. The summed E-state index contributed by atoms with van der Waals surface area (Å²) in [6, 6.07) is 4.68. The standard InChI is InChI=1S/C24H28N2O6.CH4O/c1-31-20-9-16(11-25)19(32-17-6-2-13(12-27)3-7-17)10-18(20)23(28)26-22-15-5-4-14(8-15)21(22)24(29)30;1-2/h9-10,12-15,17,21-22H,2-8H2,1H3,(H,26,28)(H,29,30);2H,1H3/t13?,14?,15-,17?,21?,22?;/m0./s1. The van der Waals surface area contributed by atoms with Crippen LogP contribution in [0.1, 0.15) is 60.9 Å². The second-order valence-corrected chi connectivity index (χ2v) is 9.15. The number of aliphatic carboxylic acids is 1. The molecule has 1 aromatic rings. The number of fused-ring (bicyclic) bond motifs is 2. The van der Waals surface area contributed by atoms with E-state index in [-0.39, 0.29) is 40.7 Å². The summed E-state index contributed by atoms with van der Waals surface area (Å²) < 4.78 is 11.4.